The lowest BCUT2D eigenvalue weighted by Gasteiger charge is -2.27. The van der Waals surface area contributed by atoms with Crippen molar-refractivity contribution in [2.45, 2.75) is 26.0 Å². The van der Waals surface area contributed by atoms with Crippen LogP contribution >= 0.6 is 11.6 Å². The Hall–Kier alpha value is -2.92. The molecular weight excluding hydrogens is 379 g/mol. The maximum Gasteiger partial charge on any atom is 0.269 e. The summed E-state index contributed by atoms with van der Waals surface area (Å²) in [5.74, 6) is 0.333. The molecule has 0 radical (unpaired) electrons. The van der Waals surface area contributed by atoms with Crippen molar-refractivity contribution in [2.75, 3.05) is 4.90 Å². The normalized spacial score (nSPS) is 11.7. The van der Waals surface area contributed by atoms with E-state index >= 15 is 0 Å². The van der Waals surface area contributed by atoms with Crippen LogP contribution in [0.1, 0.15) is 18.9 Å². The van der Waals surface area contributed by atoms with Gasteiger partial charge in [0.1, 0.15) is 17.4 Å². The number of aromatic nitrogens is 1. The molecule has 6 heteroatoms. The number of hydrogen-bond donors (Lipinski definition) is 0. The zero-order valence-corrected chi connectivity index (χ0v) is 16.1. The first kappa shape index (κ1) is 19.8. The molecule has 0 N–H and O–H groups in total. The first-order valence-corrected chi connectivity index (χ1v) is 9.34. The minimum Gasteiger partial charge on any atom is -0.481 e. The molecule has 2 aromatic carbocycles. The van der Waals surface area contributed by atoms with Gasteiger partial charge in [0.25, 0.3) is 5.91 Å². The Labute approximate surface area is 168 Å². The van der Waals surface area contributed by atoms with Crippen molar-refractivity contribution in [3.05, 3.63) is 89.3 Å². The summed E-state index contributed by atoms with van der Waals surface area (Å²) in [4.78, 5) is 19.2. The minimum atomic E-state index is -0.741. The Bertz CT molecular complexity index is 919. The van der Waals surface area contributed by atoms with Crippen LogP contribution in [0.5, 0.6) is 5.75 Å². The number of pyridine rings is 1. The van der Waals surface area contributed by atoms with Crippen LogP contribution < -0.4 is 9.64 Å². The second-order valence-electron chi connectivity index (χ2n) is 6.17. The fraction of sp³-hybridized carbons (Fsp3) is 0.182. The zero-order valence-electron chi connectivity index (χ0n) is 15.4. The van der Waals surface area contributed by atoms with Crippen LogP contribution in [-0.4, -0.2) is 17.0 Å². The lowest BCUT2D eigenvalue weighted by molar-refractivity contribution is -0.125. The summed E-state index contributed by atoms with van der Waals surface area (Å²) in [5, 5.41) is 0.573. The van der Waals surface area contributed by atoms with E-state index in [9.17, 15) is 9.18 Å². The maximum atomic E-state index is 13.3. The van der Waals surface area contributed by atoms with Gasteiger partial charge in [-0.1, -0.05) is 42.8 Å². The van der Waals surface area contributed by atoms with Crippen molar-refractivity contribution in [3.8, 4) is 5.75 Å². The van der Waals surface area contributed by atoms with E-state index in [0.29, 0.717) is 23.0 Å². The van der Waals surface area contributed by atoms with Crippen molar-refractivity contribution >= 4 is 23.3 Å². The topological polar surface area (TPSA) is 42.4 Å². The van der Waals surface area contributed by atoms with E-state index in [2.05, 4.69) is 4.98 Å². The van der Waals surface area contributed by atoms with E-state index in [1.165, 1.54) is 24.3 Å². The fourth-order valence-electron chi connectivity index (χ4n) is 2.74. The van der Waals surface area contributed by atoms with Crippen LogP contribution in [0.3, 0.4) is 0 Å². The van der Waals surface area contributed by atoms with E-state index in [1.54, 1.807) is 29.3 Å². The summed E-state index contributed by atoms with van der Waals surface area (Å²) >= 11 is 6.29. The Morgan fingerprint density at radius 2 is 1.82 bits per heavy atom. The molecule has 0 aliphatic carbocycles. The molecule has 0 bridgehead atoms. The molecule has 0 saturated heterocycles. The second-order valence-corrected chi connectivity index (χ2v) is 6.58. The highest BCUT2D eigenvalue weighted by Gasteiger charge is 2.27. The quantitative estimate of drug-likeness (QED) is 0.544. The van der Waals surface area contributed by atoms with Crippen LogP contribution in [0.2, 0.25) is 5.02 Å². The lowest BCUT2D eigenvalue weighted by Crippen LogP contribution is -2.42. The Kier molecular flexibility index (Phi) is 6.61. The van der Waals surface area contributed by atoms with E-state index < -0.39 is 6.10 Å². The number of anilines is 1. The molecule has 3 rings (SSSR count). The molecule has 28 heavy (non-hydrogen) atoms. The van der Waals surface area contributed by atoms with Crippen molar-refractivity contribution in [3.63, 3.8) is 0 Å². The molecule has 0 fully saturated rings. The highest BCUT2D eigenvalue weighted by molar-refractivity contribution is 6.31. The van der Waals surface area contributed by atoms with Crippen LogP contribution in [-0.2, 0) is 11.3 Å². The zero-order chi connectivity index (χ0) is 19.9. The smallest absolute Gasteiger partial charge is 0.269 e. The summed E-state index contributed by atoms with van der Waals surface area (Å²) in [5.41, 5.74) is 0.805. The summed E-state index contributed by atoms with van der Waals surface area (Å²) in [6, 6.07) is 18.3. The third kappa shape index (κ3) is 4.87. The van der Waals surface area contributed by atoms with Gasteiger partial charge in [-0.15, -0.1) is 0 Å². The molecule has 1 heterocycles. The van der Waals surface area contributed by atoms with Gasteiger partial charge >= 0.3 is 0 Å². The highest BCUT2D eigenvalue weighted by Crippen LogP contribution is 2.23. The van der Waals surface area contributed by atoms with Crippen LogP contribution in [0.4, 0.5) is 10.2 Å². The monoisotopic (exact) mass is 398 g/mol. The average molecular weight is 399 g/mol. The Morgan fingerprint density at radius 3 is 2.46 bits per heavy atom. The number of benzene rings is 2. The first-order valence-electron chi connectivity index (χ1n) is 8.96. The number of nitrogens with zero attached hydrogens (tertiary/aromatic N) is 2. The molecule has 4 nitrogen and oxygen atoms in total. The van der Waals surface area contributed by atoms with Crippen LogP contribution in [0.25, 0.3) is 0 Å². The van der Waals surface area contributed by atoms with E-state index in [4.69, 9.17) is 16.3 Å². The average Bonchev–Trinajstić information content (AvgIpc) is 2.73. The minimum absolute atomic E-state index is 0.245. The van der Waals surface area contributed by atoms with Gasteiger partial charge in [0, 0.05) is 11.2 Å². The van der Waals surface area contributed by atoms with Gasteiger partial charge in [0.2, 0.25) is 0 Å². The molecule has 0 saturated carbocycles. The molecule has 3 aromatic rings. The van der Waals surface area contributed by atoms with E-state index in [0.717, 1.165) is 5.56 Å². The molecule has 144 valence electrons. The van der Waals surface area contributed by atoms with Gasteiger partial charge in [0.05, 0.1) is 6.54 Å². The van der Waals surface area contributed by atoms with Gasteiger partial charge in [-0.05, 0) is 54.4 Å². The number of rotatable bonds is 7. The number of ether oxygens (including phenoxy) is 1. The number of halogens is 2. The van der Waals surface area contributed by atoms with Crippen LogP contribution in [0.15, 0.2) is 72.9 Å². The Balaban J connectivity index is 1.88. The predicted octanol–water partition coefficient (Wildman–Crippen LogP) is 5.26. The Morgan fingerprint density at radius 1 is 1.11 bits per heavy atom. The highest BCUT2D eigenvalue weighted by atomic mass is 35.5. The van der Waals surface area contributed by atoms with Crippen molar-refractivity contribution in [1.29, 1.82) is 0 Å². The molecule has 1 amide bonds. The first-order chi connectivity index (χ1) is 13.6. The van der Waals surface area contributed by atoms with Gasteiger partial charge < -0.3 is 4.74 Å². The molecule has 0 spiro atoms. The summed E-state index contributed by atoms with van der Waals surface area (Å²) in [6.07, 6.45) is 1.33. The number of carbonyl (C=O) groups is 1. The van der Waals surface area contributed by atoms with Gasteiger partial charge in [-0.25, -0.2) is 9.37 Å². The number of carbonyl (C=O) groups excluding carboxylic acids is 1. The molecular formula is C22H20ClFN2O2. The standard InChI is InChI=1S/C22H20ClFN2O2/c1-2-20(28-18-12-10-17(24)11-13-18)22(27)26(21-9-5-6-14-25-21)15-16-7-3-4-8-19(16)23/h3-14,20H,2,15H2,1H3/t20-/m1/s1. The summed E-state index contributed by atoms with van der Waals surface area (Å²) in [7, 11) is 0. The predicted molar refractivity (Wildman–Crippen MR) is 108 cm³/mol. The number of amides is 1. The van der Waals surface area contributed by atoms with Gasteiger partial charge in [0.15, 0.2) is 6.10 Å². The summed E-state index contributed by atoms with van der Waals surface area (Å²) in [6.45, 7) is 2.12. The van der Waals surface area contributed by atoms with Gasteiger partial charge in [-0.3, -0.25) is 9.69 Å². The molecule has 0 unspecified atom stereocenters. The second kappa shape index (κ2) is 9.33. The lowest BCUT2D eigenvalue weighted by atomic mass is 10.1. The maximum absolute atomic E-state index is 13.3. The molecule has 1 aromatic heterocycles. The third-order valence-corrected chi connectivity index (χ3v) is 4.59. The fourth-order valence-corrected chi connectivity index (χ4v) is 2.94. The molecule has 0 aliphatic rings. The number of hydrogen-bond acceptors (Lipinski definition) is 3. The van der Waals surface area contributed by atoms with Gasteiger partial charge in [-0.2, -0.15) is 0 Å². The SMILES string of the molecule is CC[C@@H](Oc1ccc(F)cc1)C(=O)N(Cc1ccccc1Cl)c1ccccn1. The third-order valence-electron chi connectivity index (χ3n) is 4.22. The summed E-state index contributed by atoms with van der Waals surface area (Å²) < 4.78 is 19.0. The van der Waals surface area contributed by atoms with Crippen molar-refractivity contribution < 1.29 is 13.9 Å². The molecule has 1 atom stereocenters. The van der Waals surface area contributed by atoms with Crippen molar-refractivity contribution in [2.24, 2.45) is 0 Å². The largest absolute Gasteiger partial charge is 0.481 e. The van der Waals surface area contributed by atoms with Crippen LogP contribution in [0, 0.1) is 5.82 Å². The van der Waals surface area contributed by atoms with E-state index in [-0.39, 0.29) is 18.3 Å². The molecule has 0 aliphatic heterocycles. The van der Waals surface area contributed by atoms with E-state index in [1.807, 2.05) is 31.2 Å². The van der Waals surface area contributed by atoms with Crippen molar-refractivity contribution in [1.82, 2.24) is 4.98 Å².